The van der Waals surface area contributed by atoms with E-state index in [-0.39, 0.29) is 24.1 Å². The van der Waals surface area contributed by atoms with Crippen LogP contribution in [0.25, 0.3) is 0 Å². The largest absolute Gasteiger partial charge is 0.368 e. The Labute approximate surface area is 130 Å². The summed E-state index contributed by atoms with van der Waals surface area (Å²) < 4.78 is 13.9. The second-order valence-electron chi connectivity index (χ2n) is 5.01. The zero-order valence-corrected chi connectivity index (χ0v) is 13.0. The van der Waals surface area contributed by atoms with Gasteiger partial charge in [-0.25, -0.2) is 4.39 Å². The summed E-state index contributed by atoms with van der Waals surface area (Å²) >= 11 is 3.05. The molecule has 0 saturated carbocycles. The molecule has 0 spiro atoms. The van der Waals surface area contributed by atoms with Gasteiger partial charge in [-0.05, 0) is 60.1 Å². The quantitative estimate of drug-likeness (QED) is 0.851. The maximum absolute atomic E-state index is 13.6. The second-order valence-corrected chi connectivity index (χ2v) is 5.86. The Hall–Kier alpha value is -1.47. The number of hydrogen-bond donors (Lipinski definition) is 2. The molecule has 114 valence electrons. The van der Waals surface area contributed by atoms with Crippen molar-refractivity contribution in [3.63, 3.8) is 0 Å². The Morgan fingerprint density at radius 1 is 1.38 bits per heavy atom. The highest BCUT2D eigenvalue weighted by atomic mass is 79.9. The topological polar surface area (TPSA) is 75.4 Å². The minimum Gasteiger partial charge on any atom is -0.368 e. The predicted octanol–water partition coefficient (Wildman–Crippen LogP) is 1.27. The van der Waals surface area contributed by atoms with E-state index in [4.69, 9.17) is 5.73 Å². The summed E-state index contributed by atoms with van der Waals surface area (Å²) in [5, 5.41) is 3.20. The molecule has 1 saturated heterocycles. The van der Waals surface area contributed by atoms with Crippen LogP contribution in [0.2, 0.25) is 0 Å². The van der Waals surface area contributed by atoms with E-state index < -0.39 is 11.7 Å². The van der Waals surface area contributed by atoms with Crippen LogP contribution in [0, 0.1) is 5.82 Å². The number of rotatable bonds is 4. The number of hydrogen-bond acceptors (Lipinski definition) is 3. The number of primary amides is 1. The van der Waals surface area contributed by atoms with Crippen molar-refractivity contribution in [2.24, 2.45) is 5.73 Å². The van der Waals surface area contributed by atoms with Gasteiger partial charge >= 0.3 is 0 Å². The van der Waals surface area contributed by atoms with Gasteiger partial charge in [0.15, 0.2) is 0 Å². The Morgan fingerprint density at radius 3 is 2.62 bits per heavy atom. The number of nitrogens with two attached hydrogens (primary N) is 1. The minimum absolute atomic E-state index is 0.0574. The smallest absolute Gasteiger partial charge is 0.254 e. The van der Waals surface area contributed by atoms with E-state index in [1.54, 1.807) is 0 Å². The minimum atomic E-state index is -0.570. The van der Waals surface area contributed by atoms with Gasteiger partial charge in [0, 0.05) is 11.6 Å². The van der Waals surface area contributed by atoms with Gasteiger partial charge in [0.2, 0.25) is 5.91 Å². The third-order valence-corrected chi connectivity index (χ3v) is 4.15. The zero-order valence-electron chi connectivity index (χ0n) is 11.4. The Balaban J connectivity index is 2.23. The Bertz CT molecular complexity index is 547. The molecule has 7 heteroatoms. The van der Waals surface area contributed by atoms with Gasteiger partial charge in [0.05, 0.1) is 11.0 Å². The van der Waals surface area contributed by atoms with Gasteiger partial charge < -0.3 is 16.0 Å². The molecular formula is C14H17BrFN3O2. The van der Waals surface area contributed by atoms with Gasteiger partial charge in [-0.1, -0.05) is 0 Å². The van der Waals surface area contributed by atoms with Crippen molar-refractivity contribution in [3.8, 4) is 0 Å². The van der Waals surface area contributed by atoms with E-state index in [1.165, 1.54) is 23.1 Å². The monoisotopic (exact) mass is 357 g/mol. The van der Waals surface area contributed by atoms with Gasteiger partial charge in [0.1, 0.15) is 5.82 Å². The molecule has 0 atom stereocenters. The molecule has 5 nitrogen and oxygen atoms in total. The van der Waals surface area contributed by atoms with Crippen LogP contribution >= 0.6 is 15.9 Å². The predicted molar refractivity (Wildman–Crippen MR) is 80.2 cm³/mol. The van der Waals surface area contributed by atoms with E-state index in [2.05, 4.69) is 21.2 Å². The average molecular weight is 358 g/mol. The molecule has 1 aliphatic heterocycles. The van der Waals surface area contributed by atoms with Crippen LogP contribution in [-0.4, -0.2) is 42.4 Å². The lowest BCUT2D eigenvalue weighted by Crippen LogP contribution is -2.49. The van der Waals surface area contributed by atoms with Gasteiger partial charge in [-0.2, -0.15) is 0 Å². The van der Waals surface area contributed by atoms with Crippen LogP contribution in [0.3, 0.4) is 0 Å². The summed E-state index contributed by atoms with van der Waals surface area (Å²) in [4.78, 5) is 25.2. The lowest BCUT2D eigenvalue weighted by Gasteiger charge is -2.34. The third-order valence-electron chi connectivity index (χ3n) is 3.50. The summed E-state index contributed by atoms with van der Waals surface area (Å²) in [6.45, 7) is 1.41. The van der Waals surface area contributed by atoms with Crippen LogP contribution in [0.5, 0.6) is 0 Å². The summed E-state index contributed by atoms with van der Waals surface area (Å²) in [6.07, 6.45) is 1.50. The number of nitrogens with zero attached hydrogens (tertiary/aromatic N) is 1. The summed E-state index contributed by atoms with van der Waals surface area (Å²) in [5.74, 6) is -1.45. The number of halogens is 2. The van der Waals surface area contributed by atoms with Crippen LogP contribution in [0.1, 0.15) is 23.2 Å². The molecule has 0 unspecified atom stereocenters. The number of amides is 2. The van der Waals surface area contributed by atoms with Crippen molar-refractivity contribution in [2.75, 3.05) is 19.6 Å². The number of benzene rings is 1. The van der Waals surface area contributed by atoms with Gasteiger partial charge in [-0.3, -0.25) is 9.59 Å². The third kappa shape index (κ3) is 4.01. The molecule has 3 N–H and O–H groups in total. The van der Waals surface area contributed by atoms with Gasteiger partial charge in [0.25, 0.3) is 5.91 Å². The standard InChI is InChI=1S/C14H17BrFN3O2/c15-11-2-1-9(7-12(11)16)14(21)19(8-13(17)20)10-3-5-18-6-4-10/h1-2,7,10,18H,3-6,8H2,(H2,17,20). The van der Waals surface area contributed by atoms with E-state index >= 15 is 0 Å². The lowest BCUT2D eigenvalue weighted by atomic mass is 10.0. The maximum Gasteiger partial charge on any atom is 0.254 e. The summed E-state index contributed by atoms with van der Waals surface area (Å²) in [6, 6.07) is 4.12. The molecule has 1 fully saturated rings. The molecule has 21 heavy (non-hydrogen) atoms. The van der Waals surface area contributed by atoms with Crippen molar-refractivity contribution in [1.82, 2.24) is 10.2 Å². The van der Waals surface area contributed by atoms with E-state index in [0.29, 0.717) is 4.47 Å². The molecule has 1 aliphatic rings. The molecule has 2 amide bonds. The normalized spacial score (nSPS) is 15.7. The highest BCUT2D eigenvalue weighted by molar-refractivity contribution is 9.10. The van der Waals surface area contributed by atoms with Gasteiger partial charge in [-0.15, -0.1) is 0 Å². The lowest BCUT2D eigenvalue weighted by molar-refractivity contribution is -0.119. The average Bonchev–Trinajstić information content (AvgIpc) is 2.47. The van der Waals surface area contributed by atoms with E-state index in [0.717, 1.165) is 25.9 Å². The SMILES string of the molecule is NC(=O)CN(C(=O)c1ccc(Br)c(F)c1)C1CCNCC1. The second kappa shape index (κ2) is 7.00. The van der Waals surface area contributed by atoms with Crippen molar-refractivity contribution in [2.45, 2.75) is 18.9 Å². The highest BCUT2D eigenvalue weighted by Gasteiger charge is 2.27. The molecule has 1 aromatic carbocycles. The van der Waals surface area contributed by atoms with Crippen LogP contribution < -0.4 is 11.1 Å². The molecule has 1 aromatic rings. The first-order valence-electron chi connectivity index (χ1n) is 6.74. The van der Waals surface area contributed by atoms with Crippen molar-refractivity contribution >= 4 is 27.7 Å². The first-order valence-corrected chi connectivity index (χ1v) is 7.53. The van der Waals surface area contributed by atoms with E-state index in [1.807, 2.05) is 0 Å². The summed E-state index contributed by atoms with van der Waals surface area (Å²) in [5.41, 5.74) is 5.46. The van der Waals surface area contributed by atoms with Crippen molar-refractivity contribution in [1.29, 1.82) is 0 Å². The van der Waals surface area contributed by atoms with Crippen molar-refractivity contribution in [3.05, 3.63) is 34.1 Å². The van der Waals surface area contributed by atoms with E-state index in [9.17, 15) is 14.0 Å². The van der Waals surface area contributed by atoms with Crippen LogP contribution in [0.15, 0.2) is 22.7 Å². The molecular weight excluding hydrogens is 341 g/mol. The fraction of sp³-hybridized carbons (Fsp3) is 0.429. The molecule has 0 aromatic heterocycles. The molecule has 0 bridgehead atoms. The molecule has 1 heterocycles. The Kier molecular flexibility index (Phi) is 5.30. The Morgan fingerprint density at radius 2 is 2.05 bits per heavy atom. The number of piperidine rings is 1. The van der Waals surface area contributed by atoms with Crippen molar-refractivity contribution < 1.29 is 14.0 Å². The highest BCUT2D eigenvalue weighted by Crippen LogP contribution is 2.20. The maximum atomic E-state index is 13.6. The number of carbonyl (C=O) groups is 2. The molecule has 0 aliphatic carbocycles. The first-order chi connectivity index (χ1) is 9.99. The fourth-order valence-corrected chi connectivity index (χ4v) is 2.69. The molecule has 2 rings (SSSR count). The van der Waals surface area contributed by atoms with Crippen LogP contribution in [0.4, 0.5) is 4.39 Å². The van der Waals surface area contributed by atoms with Crippen LogP contribution in [-0.2, 0) is 4.79 Å². The summed E-state index contributed by atoms with van der Waals surface area (Å²) in [7, 11) is 0. The molecule has 0 radical (unpaired) electrons. The number of carbonyl (C=O) groups excluding carboxylic acids is 2. The zero-order chi connectivity index (χ0) is 15.4. The first kappa shape index (κ1) is 15.9. The fourth-order valence-electron chi connectivity index (χ4n) is 2.45. The number of nitrogens with one attached hydrogen (secondary N) is 1.